The van der Waals surface area contributed by atoms with Gasteiger partial charge in [0.25, 0.3) is 0 Å². The number of rotatable bonds is 6. The van der Waals surface area contributed by atoms with E-state index in [0.717, 1.165) is 4.88 Å². The van der Waals surface area contributed by atoms with Crippen LogP contribution in [0.3, 0.4) is 0 Å². The summed E-state index contributed by atoms with van der Waals surface area (Å²) in [6, 6.07) is 5.90. The quantitative estimate of drug-likeness (QED) is 0.832. The molecule has 23 heavy (non-hydrogen) atoms. The van der Waals surface area contributed by atoms with Crippen molar-refractivity contribution in [2.24, 2.45) is 0 Å². The van der Waals surface area contributed by atoms with E-state index in [-0.39, 0.29) is 36.7 Å². The molecule has 1 aromatic carbocycles. The number of amides is 1. The first-order valence-corrected chi connectivity index (χ1v) is 7.75. The van der Waals surface area contributed by atoms with Gasteiger partial charge in [0.1, 0.15) is 5.82 Å². The smallest absolute Gasteiger partial charge is 0.238 e. The number of hydrogen-bond acceptors (Lipinski definition) is 5. The molecule has 1 heterocycles. The molecule has 1 amide bonds. The molecule has 0 unspecified atom stereocenters. The molecule has 0 saturated heterocycles. The molecule has 2 aromatic rings. The van der Waals surface area contributed by atoms with Crippen molar-refractivity contribution >= 4 is 40.5 Å². The Balaban J connectivity index is 0.00000264. The van der Waals surface area contributed by atoms with Crippen LogP contribution in [-0.2, 0) is 11.3 Å². The fourth-order valence-corrected chi connectivity index (χ4v) is 2.64. The number of nitrogens with one attached hydrogen (secondary N) is 1. The zero-order valence-corrected chi connectivity index (χ0v) is 14.6. The number of anilines is 2. The summed E-state index contributed by atoms with van der Waals surface area (Å²) < 4.78 is 12.8. The van der Waals surface area contributed by atoms with Crippen LogP contribution in [0.1, 0.15) is 18.7 Å². The lowest BCUT2D eigenvalue weighted by atomic mass is 10.3. The Morgan fingerprint density at radius 3 is 2.57 bits per heavy atom. The molecule has 1 aromatic heterocycles. The van der Waals surface area contributed by atoms with Crippen molar-refractivity contribution in [3.8, 4) is 0 Å². The first kappa shape index (κ1) is 19.3. The molecule has 0 saturated carbocycles. The van der Waals surface area contributed by atoms with Crippen molar-refractivity contribution in [1.29, 1.82) is 0 Å². The van der Waals surface area contributed by atoms with Crippen molar-refractivity contribution in [3.63, 3.8) is 0 Å². The van der Waals surface area contributed by atoms with Crippen molar-refractivity contribution in [1.82, 2.24) is 9.88 Å². The van der Waals surface area contributed by atoms with Gasteiger partial charge in [-0.2, -0.15) is 0 Å². The Morgan fingerprint density at radius 1 is 1.39 bits per heavy atom. The molecule has 126 valence electrons. The zero-order valence-electron chi connectivity index (χ0n) is 13.0. The average molecular weight is 359 g/mol. The molecule has 0 bridgehead atoms. The molecule has 0 atom stereocenters. The van der Waals surface area contributed by atoms with Gasteiger partial charge in [-0.1, -0.05) is 0 Å². The van der Waals surface area contributed by atoms with Crippen LogP contribution in [0.25, 0.3) is 0 Å². The number of nitrogens with zero attached hydrogens (tertiary/aromatic N) is 2. The summed E-state index contributed by atoms with van der Waals surface area (Å²) in [6.45, 7) is 4.90. The van der Waals surface area contributed by atoms with Crippen LogP contribution in [0, 0.1) is 5.82 Å². The van der Waals surface area contributed by atoms with Gasteiger partial charge in [0.15, 0.2) is 5.13 Å². The van der Waals surface area contributed by atoms with Gasteiger partial charge in [-0.05, 0) is 38.1 Å². The summed E-state index contributed by atoms with van der Waals surface area (Å²) >= 11 is 1.42. The van der Waals surface area contributed by atoms with Gasteiger partial charge < -0.3 is 11.1 Å². The number of nitrogen functional groups attached to an aromatic ring is 1. The van der Waals surface area contributed by atoms with E-state index in [0.29, 0.717) is 17.4 Å². The Labute approximate surface area is 145 Å². The molecular formula is C15H20ClFN4OS. The van der Waals surface area contributed by atoms with Gasteiger partial charge in [-0.3, -0.25) is 9.69 Å². The largest absolute Gasteiger partial charge is 0.375 e. The number of aromatic nitrogens is 1. The van der Waals surface area contributed by atoms with Crippen LogP contribution in [0.4, 0.5) is 15.2 Å². The molecular weight excluding hydrogens is 339 g/mol. The van der Waals surface area contributed by atoms with Crippen molar-refractivity contribution in [2.75, 3.05) is 17.6 Å². The lowest BCUT2D eigenvalue weighted by Gasteiger charge is -2.25. The molecule has 3 N–H and O–H groups in total. The number of thiazole rings is 1. The van der Waals surface area contributed by atoms with E-state index in [2.05, 4.69) is 10.3 Å². The Kier molecular flexibility index (Phi) is 7.41. The Hall–Kier alpha value is -1.70. The number of hydrogen-bond donors (Lipinski definition) is 2. The minimum absolute atomic E-state index is 0. The topological polar surface area (TPSA) is 71.2 Å². The van der Waals surface area contributed by atoms with Gasteiger partial charge in [0.2, 0.25) is 5.91 Å². The first-order valence-electron chi connectivity index (χ1n) is 6.93. The summed E-state index contributed by atoms with van der Waals surface area (Å²) in [7, 11) is 0. The maximum Gasteiger partial charge on any atom is 0.238 e. The average Bonchev–Trinajstić information content (AvgIpc) is 2.86. The number of benzene rings is 1. The maximum atomic E-state index is 12.8. The van der Waals surface area contributed by atoms with Crippen molar-refractivity contribution < 1.29 is 9.18 Å². The summed E-state index contributed by atoms with van der Waals surface area (Å²) in [5, 5.41) is 3.28. The normalized spacial score (nSPS) is 10.7. The monoisotopic (exact) mass is 358 g/mol. The van der Waals surface area contributed by atoms with Crippen LogP contribution in [0.2, 0.25) is 0 Å². The number of nitrogens with two attached hydrogens (primary N) is 1. The van der Waals surface area contributed by atoms with Gasteiger partial charge in [-0.15, -0.1) is 23.7 Å². The predicted octanol–water partition coefficient (Wildman–Crippen LogP) is 3.14. The third-order valence-corrected chi connectivity index (χ3v) is 3.95. The van der Waals surface area contributed by atoms with E-state index >= 15 is 0 Å². The summed E-state index contributed by atoms with van der Waals surface area (Å²) in [5.74, 6) is -0.470. The summed E-state index contributed by atoms with van der Waals surface area (Å²) in [6.07, 6.45) is 1.73. The van der Waals surface area contributed by atoms with E-state index < -0.39 is 0 Å². The van der Waals surface area contributed by atoms with Gasteiger partial charge >= 0.3 is 0 Å². The molecule has 0 spiro atoms. The van der Waals surface area contributed by atoms with E-state index in [1.165, 1.54) is 35.6 Å². The van der Waals surface area contributed by atoms with Crippen LogP contribution < -0.4 is 11.1 Å². The second-order valence-electron chi connectivity index (χ2n) is 5.22. The highest BCUT2D eigenvalue weighted by Crippen LogP contribution is 2.18. The summed E-state index contributed by atoms with van der Waals surface area (Å²) in [4.78, 5) is 19.2. The number of carbonyl (C=O) groups excluding carboxylic acids is 1. The second kappa shape index (κ2) is 8.81. The molecule has 8 heteroatoms. The van der Waals surface area contributed by atoms with E-state index in [4.69, 9.17) is 5.73 Å². The molecule has 0 aliphatic heterocycles. The Morgan fingerprint density at radius 2 is 2.04 bits per heavy atom. The standard InChI is InChI=1S/C15H19FN4OS.ClH/c1-10(2)20(8-13-7-18-15(17)22-13)9-14(21)19-12-5-3-11(16)4-6-12;/h3-7,10H,8-9H2,1-2H3,(H2,17,18)(H,19,21);1H. The minimum atomic E-state index is -0.329. The SMILES string of the molecule is CC(C)N(CC(=O)Nc1ccc(F)cc1)Cc1cnc(N)s1.Cl. The molecule has 0 fully saturated rings. The minimum Gasteiger partial charge on any atom is -0.375 e. The zero-order chi connectivity index (χ0) is 16.1. The van der Waals surface area contributed by atoms with Gasteiger partial charge in [-0.25, -0.2) is 9.37 Å². The highest BCUT2D eigenvalue weighted by Gasteiger charge is 2.16. The van der Waals surface area contributed by atoms with E-state index in [1.807, 2.05) is 18.7 Å². The highest BCUT2D eigenvalue weighted by atomic mass is 35.5. The van der Waals surface area contributed by atoms with Gasteiger partial charge in [0.05, 0.1) is 6.54 Å². The molecule has 0 aliphatic carbocycles. The fraction of sp³-hybridized carbons (Fsp3) is 0.333. The van der Waals surface area contributed by atoms with Crippen molar-refractivity contribution in [2.45, 2.75) is 26.4 Å². The molecule has 0 radical (unpaired) electrons. The lowest BCUT2D eigenvalue weighted by Crippen LogP contribution is -2.37. The third kappa shape index (κ3) is 6.13. The van der Waals surface area contributed by atoms with E-state index in [9.17, 15) is 9.18 Å². The predicted molar refractivity (Wildman–Crippen MR) is 94.4 cm³/mol. The maximum absolute atomic E-state index is 12.8. The summed E-state index contributed by atoms with van der Waals surface area (Å²) in [5.41, 5.74) is 6.21. The first-order chi connectivity index (χ1) is 10.4. The molecule has 5 nitrogen and oxygen atoms in total. The third-order valence-electron chi connectivity index (χ3n) is 3.14. The number of carbonyl (C=O) groups is 1. The molecule has 0 aliphatic rings. The van der Waals surface area contributed by atoms with Gasteiger partial charge in [0, 0.05) is 29.3 Å². The highest BCUT2D eigenvalue weighted by molar-refractivity contribution is 7.15. The number of halogens is 2. The Bertz CT molecular complexity index is 633. The van der Waals surface area contributed by atoms with Crippen LogP contribution in [0.5, 0.6) is 0 Å². The lowest BCUT2D eigenvalue weighted by molar-refractivity contribution is -0.117. The van der Waals surface area contributed by atoms with Crippen LogP contribution >= 0.6 is 23.7 Å². The molecule has 2 rings (SSSR count). The van der Waals surface area contributed by atoms with Crippen LogP contribution in [0.15, 0.2) is 30.5 Å². The second-order valence-corrected chi connectivity index (χ2v) is 6.37. The fourth-order valence-electron chi connectivity index (χ4n) is 1.94. The van der Waals surface area contributed by atoms with Crippen LogP contribution in [-0.4, -0.2) is 28.4 Å². The van der Waals surface area contributed by atoms with Crippen molar-refractivity contribution in [3.05, 3.63) is 41.2 Å². The van der Waals surface area contributed by atoms with E-state index in [1.54, 1.807) is 6.20 Å².